The summed E-state index contributed by atoms with van der Waals surface area (Å²) < 4.78 is 28.7. The summed E-state index contributed by atoms with van der Waals surface area (Å²) in [4.78, 5) is 12.1. The van der Waals surface area contributed by atoms with Gasteiger partial charge in [-0.1, -0.05) is 30.3 Å². The number of hydrogen-bond donors (Lipinski definition) is 2. The van der Waals surface area contributed by atoms with Crippen LogP contribution in [0.4, 0.5) is 10.5 Å². The maximum Gasteiger partial charge on any atom is 0.319 e. The second-order valence-corrected chi connectivity index (χ2v) is 7.84. The third-order valence-electron chi connectivity index (χ3n) is 3.67. The molecule has 24 heavy (non-hydrogen) atoms. The average Bonchev–Trinajstić information content (AvgIpc) is 2.89. The summed E-state index contributed by atoms with van der Waals surface area (Å²) in [6.45, 7) is 0. The van der Waals surface area contributed by atoms with Crippen molar-refractivity contribution in [2.45, 2.75) is 12.5 Å². The van der Waals surface area contributed by atoms with Crippen molar-refractivity contribution in [3.05, 3.63) is 54.6 Å². The van der Waals surface area contributed by atoms with Gasteiger partial charge in [-0.2, -0.15) is 0 Å². The van der Waals surface area contributed by atoms with E-state index in [0.717, 1.165) is 0 Å². The first kappa shape index (κ1) is 16.3. The first-order valence-electron chi connectivity index (χ1n) is 7.62. The maximum atomic E-state index is 12.1. The van der Waals surface area contributed by atoms with E-state index in [-0.39, 0.29) is 17.5 Å². The Morgan fingerprint density at radius 3 is 2.46 bits per heavy atom. The molecule has 0 bridgehead atoms. The lowest BCUT2D eigenvalue weighted by molar-refractivity contribution is 0.249. The molecule has 0 spiro atoms. The number of ether oxygens (including phenoxy) is 1. The van der Waals surface area contributed by atoms with E-state index in [2.05, 4.69) is 10.6 Å². The number of benzene rings is 2. The van der Waals surface area contributed by atoms with Crippen LogP contribution in [0.5, 0.6) is 11.5 Å². The number of amides is 2. The van der Waals surface area contributed by atoms with Gasteiger partial charge in [-0.15, -0.1) is 0 Å². The average molecular weight is 346 g/mol. The van der Waals surface area contributed by atoms with E-state index in [1.54, 1.807) is 18.2 Å². The molecule has 0 aromatic heterocycles. The van der Waals surface area contributed by atoms with Crippen LogP contribution in [-0.2, 0) is 9.84 Å². The molecule has 6 nitrogen and oxygen atoms in total. The molecular formula is C17H18N2O4S. The Bertz CT molecular complexity index is 821. The lowest BCUT2D eigenvalue weighted by Gasteiger charge is -2.15. The quantitative estimate of drug-likeness (QED) is 0.891. The summed E-state index contributed by atoms with van der Waals surface area (Å²) in [6.07, 6.45) is 0.442. The van der Waals surface area contributed by atoms with Crippen molar-refractivity contribution in [1.82, 2.24) is 5.32 Å². The minimum Gasteiger partial charge on any atom is -0.455 e. The fraction of sp³-hybridized carbons (Fsp3) is 0.235. The van der Waals surface area contributed by atoms with Crippen LogP contribution in [0.3, 0.4) is 0 Å². The predicted octanol–water partition coefficient (Wildman–Crippen LogP) is 2.79. The van der Waals surface area contributed by atoms with E-state index in [9.17, 15) is 13.2 Å². The first-order chi connectivity index (χ1) is 11.5. The number of para-hydroxylation sites is 3. The summed E-state index contributed by atoms with van der Waals surface area (Å²) in [5.74, 6) is 1.28. The normalized spacial score (nSPS) is 18.8. The van der Waals surface area contributed by atoms with Crippen LogP contribution in [0.2, 0.25) is 0 Å². The molecule has 1 unspecified atom stereocenters. The summed E-state index contributed by atoms with van der Waals surface area (Å²) in [5, 5.41) is 5.40. The molecule has 0 radical (unpaired) electrons. The number of sulfone groups is 1. The number of anilines is 1. The fourth-order valence-electron chi connectivity index (χ4n) is 2.53. The van der Waals surface area contributed by atoms with Gasteiger partial charge in [0.1, 0.15) is 5.75 Å². The summed E-state index contributed by atoms with van der Waals surface area (Å²) in [6, 6.07) is 15.5. The van der Waals surface area contributed by atoms with Gasteiger partial charge in [0.25, 0.3) is 0 Å². The Morgan fingerprint density at radius 2 is 1.75 bits per heavy atom. The van der Waals surface area contributed by atoms with E-state index in [1.807, 2.05) is 36.4 Å². The zero-order chi connectivity index (χ0) is 17.0. The molecule has 2 N–H and O–H groups in total. The SMILES string of the molecule is O=C(Nc1ccccc1Oc1ccccc1)NC1CCS(=O)(=O)C1. The van der Waals surface area contributed by atoms with Crippen molar-refractivity contribution in [1.29, 1.82) is 0 Å². The Morgan fingerprint density at radius 1 is 1.04 bits per heavy atom. The molecule has 0 saturated carbocycles. The molecule has 2 amide bonds. The van der Waals surface area contributed by atoms with Gasteiger partial charge >= 0.3 is 6.03 Å². The van der Waals surface area contributed by atoms with Crippen molar-refractivity contribution in [3.8, 4) is 11.5 Å². The van der Waals surface area contributed by atoms with Gasteiger partial charge in [0.2, 0.25) is 0 Å². The van der Waals surface area contributed by atoms with Crippen molar-refractivity contribution < 1.29 is 17.9 Å². The highest BCUT2D eigenvalue weighted by Crippen LogP contribution is 2.29. The standard InChI is InChI=1S/C17H18N2O4S/c20-17(18-13-10-11-24(21,22)12-13)19-15-8-4-5-9-16(15)23-14-6-2-1-3-7-14/h1-9,13H,10-12H2,(H2,18,19,20). The lowest BCUT2D eigenvalue weighted by atomic mass is 10.2. The van der Waals surface area contributed by atoms with Gasteiger partial charge in [-0.3, -0.25) is 0 Å². The van der Waals surface area contributed by atoms with E-state index < -0.39 is 15.9 Å². The summed E-state index contributed by atoms with van der Waals surface area (Å²) in [7, 11) is -3.03. The van der Waals surface area contributed by atoms with Crippen molar-refractivity contribution >= 4 is 21.6 Å². The van der Waals surface area contributed by atoms with Gasteiger partial charge in [0.05, 0.1) is 17.2 Å². The topological polar surface area (TPSA) is 84.5 Å². The van der Waals surface area contributed by atoms with Crippen LogP contribution in [0, 0.1) is 0 Å². The monoisotopic (exact) mass is 346 g/mol. The molecule has 3 rings (SSSR count). The molecule has 7 heteroatoms. The van der Waals surface area contributed by atoms with E-state index in [0.29, 0.717) is 23.6 Å². The van der Waals surface area contributed by atoms with Crippen molar-refractivity contribution in [3.63, 3.8) is 0 Å². The van der Waals surface area contributed by atoms with Crippen LogP contribution in [0.15, 0.2) is 54.6 Å². The fourth-order valence-corrected chi connectivity index (χ4v) is 4.20. The molecule has 2 aromatic rings. The smallest absolute Gasteiger partial charge is 0.319 e. The van der Waals surface area contributed by atoms with Gasteiger partial charge < -0.3 is 15.4 Å². The number of urea groups is 1. The highest BCUT2D eigenvalue weighted by atomic mass is 32.2. The second kappa shape index (κ2) is 6.92. The highest BCUT2D eigenvalue weighted by molar-refractivity contribution is 7.91. The number of hydrogen-bond acceptors (Lipinski definition) is 4. The Hall–Kier alpha value is -2.54. The molecule has 2 aromatic carbocycles. The van der Waals surface area contributed by atoms with E-state index >= 15 is 0 Å². The minimum atomic E-state index is -3.03. The molecule has 1 saturated heterocycles. The van der Waals surface area contributed by atoms with Gasteiger partial charge in [-0.05, 0) is 30.7 Å². The third kappa shape index (κ3) is 4.26. The summed E-state index contributed by atoms with van der Waals surface area (Å²) in [5.41, 5.74) is 0.514. The Labute approximate surface area is 140 Å². The first-order valence-corrected chi connectivity index (χ1v) is 9.44. The van der Waals surface area contributed by atoms with E-state index in [4.69, 9.17) is 4.74 Å². The Balaban J connectivity index is 1.66. The van der Waals surface area contributed by atoms with Crippen LogP contribution < -0.4 is 15.4 Å². The number of carbonyl (C=O) groups is 1. The van der Waals surface area contributed by atoms with Crippen LogP contribution >= 0.6 is 0 Å². The van der Waals surface area contributed by atoms with Crippen molar-refractivity contribution in [2.24, 2.45) is 0 Å². The largest absolute Gasteiger partial charge is 0.455 e. The molecular weight excluding hydrogens is 328 g/mol. The number of nitrogens with one attached hydrogen (secondary N) is 2. The molecule has 0 aliphatic carbocycles. The minimum absolute atomic E-state index is 0.0113. The van der Waals surface area contributed by atoms with Gasteiger partial charge in [-0.25, -0.2) is 13.2 Å². The van der Waals surface area contributed by atoms with Crippen LogP contribution in [-0.4, -0.2) is 32.0 Å². The molecule has 1 aliphatic heterocycles. The summed E-state index contributed by atoms with van der Waals surface area (Å²) >= 11 is 0. The molecule has 1 heterocycles. The van der Waals surface area contributed by atoms with Gasteiger partial charge in [0, 0.05) is 6.04 Å². The number of carbonyl (C=O) groups excluding carboxylic acids is 1. The third-order valence-corrected chi connectivity index (χ3v) is 5.44. The van der Waals surface area contributed by atoms with Crippen molar-refractivity contribution in [2.75, 3.05) is 16.8 Å². The Kier molecular flexibility index (Phi) is 4.71. The molecule has 1 atom stereocenters. The molecule has 1 fully saturated rings. The maximum absolute atomic E-state index is 12.1. The predicted molar refractivity (Wildman–Crippen MR) is 92.2 cm³/mol. The lowest BCUT2D eigenvalue weighted by Crippen LogP contribution is -2.38. The molecule has 126 valence electrons. The second-order valence-electron chi connectivity index (χ2n) is 5.61. The number of rotatable bonds is 4. The van der Waals surface area contributed by atoms with E-state index in [1.165, 1.54) is 0 Å². The zero-order valence-electron chi connectivity index (χ0n) is 12.9. The molecule has 1 aliphatic rings. The highest BCUT2D eigenvalue weighted by Gasteiger charge is 2.29. The zero-order valence-corrected chi connectivity index (χ0v) is 13.8. The van der Waals surface area contributed by atoms with Crippen LogP contribution in [0.25, 0.3) is 0 Å². The van der Waals surface area contributed by atoms with Gasteiger partial charge in [0.15, 0.2) is 15.6 Å². The van der Waals surface area contributed by atoms with Crippen LogP contribution in [0.1, 0.15) is 6.42 Å².